The summed E-state index contributed by atoms with van der Waals surface area (Å²) < 4.78 is 11.1. The second-order valence-corrected chi connectivity index (χ2v) is 5.94. The fraction of sp³-hybridized carbons (Fsp3) is 0.263. The van der Waals surface area contributed by atoms with Gasteiger partial charge in [-0.3, -0.25) is 10.8 Å². The number of nitrogens with one attached hydrogen (secondary N) is 2. The summed E-state index contributed by atoms with van der Waals surface area (Å²) in [5.41, 5.74) is 11.2. The SMILES string of the molecule is N=C(N)c1ccc(OCCCCCOc2ccc(C(=N)N)c(O)c2)cc1O. The fourth-order valence-corrected chi connectivity index (χ4v) is 2.42. The molecule has 2 aromatic rings. The Hall–Kier alpha value is -3.42. The Balaban J connectivity index is 1.65. The molecule has 0 aliphatic rings. The highest BCUT2D eigenvalue weighted by molar-refractivity contribution is 5.98. The average molecular weight is 372 g/mol. The van der Waals surface area contributed by atoms with Crippen LogP contribution in [0.25, 0.3) is 0 Å². The molecule has 0 bridgehead atoms. The normalized spacial score (nSPS) is 10.4. The summed E-state index contributed by atoms with van der Waals surface area (Å²) in [7, 11) is 0. The van der Waals surface area contributed by atoms with Crippen LogP contribution in [0, 0.1) is 10.8 Å². The maximum atomic E-state index is 9.76. The zero-order valence-electron chi connectivity index (χ0n) is 14.9. The van der Waals surface area contributed by atoms with Gasteiger partial charge >= 0.3 is 0 Å². The van der Waals surface area contributed by atoms with E-state index in [0.717, 1.165) is 19.3 Å². The molecule has 0 saturated carbocycles. The molecule has 0 aliphatic heterocycles. The van der Waals surface area contributed by atoms with E-state index in [0.29, 0.717) is 24.7 Å². The van der Waals surface area contributed by atoms with Gasteiger partial charge in [-0.15, -0.1) is 0 Å². The number of nitrogens with two attached hydrogens (primary N) is 2. The van der Waals surface area contributed by atoms with Crippen molar-refractivity contribution in [1.82, 2.24) is 0 Å². The number of phenolic OH excluding ortho intramolecular Hbond substituents is 2. The molecule has 144 valence electrons. The van der Waals surface area contributed by atoms with Gasteiger partial charge in [-0.25, -0.2) is 0 Å². The van der Waals surface area contributed by atoms with E-state index in [1.807, 2.05) is 0 Å². The van der Waals surface area contributed by atoms with Crippen molar-refractivity contribution in [3.63, 3.8) is 0 Å². The lowest BCUT2D eigenvalue weighted by Crippen LogP contribution is -2.11. The topological polar surface area (TPSA) is 159 Å². The summed E-state index contributed by atoms with van der Waals surface area (Å²) in [6.07, 6.45) is 2.51. The molecular formula is C19H24N4O4. The Bertz CT molecular complexity index is 756. The van der Waals surface area contributed by atoms with Gasteiger partial charge in [-0.2, -0.15) is 0 Å². The van der Waals surface area contributed by atoms with E-state index < -0.39 is 0 Å². The molecular weight excluding hydrogens is 348 g/mol. The lowest BCUT2D eigenvalue weighted by Gasteiger charge is -2.10. The Morgan fingerprint density at radius 3 is 1.48 bits per heavy atom. The Morgan fingerprint density at radius 2 is 1.15 bits per heavy atom. The number of nitrogen functional groups attached to an aromatic ring is 2. The van der Waals surface area contributed by atoms with Crippen molar-refractivity contribution in [2.24, 2.45) is 11.5 Å². The fourth-order valence-electron chi connectivity index (χ4n) is 2.42. The first-order chi connectivity index (χ1) is 12.9. The molecule has 0 heterocycles. The molecule has 0 atom stereocenters. The molecule has 8 nitrogen and oxygen atoms in total. The van der Waals surface area contributed by atoms with Gasteiger partial charge in [0.25, 0.3) is 0 Å². The van der Waals surface area contributed by atoms with E-state index in [1.54, 1.807) is 24.3 Å². The zero-order chi connectivity index (χ0) is 19.8. The first-order valence-corrected chi connectivity index (χ1v) is 8.49. The largest absolute Gasteiger partial charge is 0.507 e. The first-order valence-electron chi connectivity index (χ1n) is 8.49. The molecule has 2 aromatic carbocycles. The monoisotopic (exact) mass is 372 g/mol. The van der Waals surface area contributed by atoms with Crippen LogP contribution in [0.5, 0.6) is 23.0 Å². The third-order valence-electron chi connectivity index (χ3n) is 3.84. The highest BCUT2D eigenvalue weighted by atomic mass is 16.5. The molecule has 0 spiro atoms. The van der Waals surface area contributed by atoms with Crippen LogP contribution in [-0.2, 0) is 0 Å². The van der Waals surface area contributed by atoms with E-state index in [1.165, 1.54) is 12.1 Å². The highest BCUT2D eigenvalue weighted by Gasteiger charge is 2.07. The second kappa shape index (κ2) is 9.33. The van der Waals surface area contributed by atoms with Gasteiger partial charge in [-0.05, 0) is 43.5 Å². The molecule has 27 heavy (non-hydrogen) atoms. The molecule has 2 rings (SSSR count). The van der Waals surface area contributed by atoms with E-state index in [4.69, 9.17) is 31.8 Å². The third kappa shape index (κ3) is 5.81. The average Bonchev–Trinajstić information content (AvgIpc) is 2.60. The van der Waals surface area contributed by atoms with Crippen molar-refractivity contribution in [1.29, 1.82) is 10.8 Å². The van der Waals surface area contributed by atoms with Crippen LogP contribution in [0.3, 0.4) is 0 Å². The molecule has 8 heteroatoms. The summed E-state index contributed by atoms with van der Waals surface area (Å²) in [6.45, 7) is 0.986. The second-order valence-electron chi connectivity index (χ2n) is 5.94. The standard InChI is InChI=1S/C19H24N4O4/c20-18(21)14-6-4-12(10-16(14)24)26-8-2-1-3-9-27-13-5-7-15(19(22)23)17(25)11-13/h4-7,10-11,24-25H,1-3,8-9H2,(H3,20,21)(H3,22,23). The van der Waals surface area contributed by atoms with Crippen LogP contribution < -0.4 is 20.9 Å². The molecule has 8 N–H and O–H groups in total. The van der Waals surface area contributed by atoms with Crippen LogP contribution >= 0.6 is 0 Å². The maximum absolute atomic E-state index is 9.76. The molecule has 0 amide bonds. The smallest absolute Gasteiger partial charge is 0.130 e. The van der Waals surface area contributed by atoms with Gasteiger partial charge in [0.15, 0.2) is 0 Å². The minimum absolute atomic E-state index is 0.0764. The predicted molar refractivity (Wildman–Crippen MR) is 103 cm³/mol. The van der Waals surface area contributed by atoms with E-state index in [-0.39, 0.29) is 34.3 Å². The van der Waals surface area contributed by atoms with Crippen LogP contribution in [-0.4, -0.2) is 35.1 Å². The number of ether oxygens (including phenoxy) is 2. The van der Waals surface area contributed by atoms with Crippen LogP contribution in [0.15, 0.2) is 36.4 Å². The molecule has 0 aliphatic carbocycles. The Morgan fingerprint density at radius 1 is 0.741 bits per heavy atom. The van der Waals surface area contributed by atoms with Crippen LogP contribution in [0.4, 0.5) is 0 Å². The van der Waals surface area contributed by atoms with Gasteiger partial charge in [0.05, 0.1) is 24.3 Å². The summed E-state index contributed by atoms with van der Waals surface area (Å²) >= 11 is 0. The molecule has 0 saturated heterocycles. The number of amidine groups is 2. The highest BCUT2D eigenvalue weighted by Crippen LogP contribution is 2.24. The van der Waals surface area contributed by atoms with E-state index in [2.05, 4.69) is 0 Å². The van der Waals surface area contributed by atoms with Gasteiger partial charge in [-0.1, -0.05) is 0 Å². The quantitative estimate of drug-likeness (QED) is 0.213. The summed E-state index contributed by atoms with van der Waals surface area (Å²) in [6, 6.07) is 9.31. The van der Waals surface area contributed by atoms with Crippen molar-refractivity contribution in [2.45, 2.75) is 19.3 Å². The number of rotatable bonds is 10. The molecule has 0 unspecified atom stereocenters. The minimum Gasteiger partial charge on any atom is -0.507 e. The number of hydrogen-bond donors (Lipinski definition) is 6. The number of benzene rings is 2. The van der Waals surface area contributed by atoms with Crippen molar-refractivity contribution < 1.29 is 19.7 Å². The van der Waals surface area contributed by atoms with Crippen LogP contribution in [0.2, 0.25) is 0 Å². The number of aromatic hydroxyl groups is 2. The Labute approximate surface area is 157 Å². The van der Waals surface area contributed by atoms with Gasteiger partial charge in [0.1, 0.15) is 34.7 Å². The van der Waals surface area contributed by atoms with Crippen molar-refractivity contribution in [3.8, 4) is 23.0 Å². The van der Waals surface area contributed by atoms with Crippen LogP contribution in [0.1, 0.15) is 30.4 Å². The summed E-state index contributed by atoms with van der Waals surface area (Å²) in [5.74, 6) is 0.510. The number of hydrogen-bond acceptors (Lipinski definition) is 6. The van der Waals surface area contributed by atoms with Gasteiger partial charge in [0.2, 0.25) is 0 Å². The van der Waals surface area contributed by atoms with E-state index >= 15 is 0 Å². The zero-order valence-corrected chi connectivity index (χ0v) is 14.9. The predicted octanol–water partition coefficient (Wildman–Crippen LogP) is 2.29. The summed E-state index contributed by atoms with van der Waals surface area (Å²) in [4.78, 5) is 0. The van der Waals surface area contributed by atoms with Crippen molar-refractivity contribution in [2.75, 3.05) is 13.2 Å². The van der Waals surface area contributed by atoms with Gasteiger partial charge < -0.3 is 31.2 Å². The maximum Gasteiger partial charge on any atom is 0.130 e. The molecule has 0 radical (unpaired) electrons. The van der Waals surface area contributed by atoms with Gasteiger partial charge in [0, 0.05) is 12.1 Å². The van der Waals surface area contributed by atoms with Crippen molar-refractivity contribution in [3.05, 3.63) is 47.5 Å². The van der Waals surface area contributed by atoms with Crippen molar-refractivity contribution >= 4 is 11.7 Å². The molecule has 0 fully saturated rings. The third-order valence-corrected chi connectivity index (χ3v) is 3.84. The summed E-state index contributed by atoms with van der Waals surface area (Å²) in [5, 5.41) is 34.1. The first kappa shape index (κ1) is 19.9. The number of unbranched alkanes of at least 4 members (excludes halogenated alkanes) is 2. The number of phenols is 2. The molecule has 0 aromatic heterocycles. The Kier molecular flexibility index (Phi) is 6.87. The minimum atomic E-state index is -0.191. The van der Waals surface area contributed by atoms with E-state index in [9.17, 15) is 10.2 Å². The lowest BCUT2D eigenvalue weighted by atomic mass is 10.2. The lowest BCUT2D eigenvalue weighted by molar-refractivity contribution is 0.278.